The maximum Gasteiger partial charge on any atom is 0.276 e. The number of halogens is 2. The van der Waals surface area contributed by atoms with Crippen molar-refractivity contribution in [3.05, 3.63) is 62.2 Å². The molecule has 0 aliphatic carbocycles. The van der Waals surface area contributed by atoms with Crippen LogP contribution in [0.2, 0.25) is 5.02 Å². The number of rotatable bonds is 4. The van der Waals surface area contributed by atoms with Crippen molar-refractivity contribution in [2.45, 2.75) is 6.92 Å². The molecule has 2 aromatic rings. The topological polar surface area (TPSA) is 67.4 Å². The number of benzene rings is 2. The molecule has 0 heterocycles. The van der Waals surface area contributed by atoms with E-state index in [-0.39, 0.29) is 12.5 Å². The Labute approximate surface area is 152 Å². The lowest BCUT2D eigenvalue weighted by Gasteiger charge is -2.09. The Hall–Kier alpha value is -1.80. The number of hydrogen-bond donors (Lipinski definition) is 2. The second kappa shape index (κ2) is 8.16. The van der Waals surface area contributed by atoms with Crippen LogP contribution < -0.4 is 15.6 Å². The van der Waals surface area contributed by atoms with E-state index in [1.165, 1.54) is 0 Å². The number of amides is 2. The van der Waals surface area contributed by atoms with Crippen molar-refractivity contribution in [2.75, 3.05) is 6.61 Å². The van der Waals surface area contributed by atoms with E-state index in [4.69, 9.17) is 16.3 Å². The zero-order valence-electron chi connectivity index (χ0n) is 12.2. The van der Waals surface area contributed by atoms with Crippen molar-refractivity contribution < 1.29 is 14.3 Å². The third-order valence-corrected chi connectivity index (χ3v) is 4.00. The van der Waals surface area contributed by atoms with Gasteiger partial charge >= 0.3 is 0 Å². The molecule has 120 valence electrons. The molecule has 0 atom stereocenters. The normalized spacial score (nSPS) is 10.0. The first-order chi connectivity index (χ1) is 11.0. The van der Waals surface area contributed by atoms with Gasteiger partial charge in [0.25, 0.3) is 11.8 Å². The first kappa shape index (κ1) is 17.6. The average molecular weight is 445 g/mol. The van der Waals surface area contributed by atoms with E-state index in [1.807, 2.05) is 13.0 Å². The third kappa shape index (κ3) is 5.40. The number of nitrogens with one attached hydrogen (secondary N) is 2. The summed E-state index contributed by atoms with van der Waals surface area (Å²) in [6.07, 6.45) is 0. The van der Waals surface area contributed by atoms with Crippen LogP contribution in [0, 0.1) is 10.5 Å². The third-order valence-electron chi connectivity index (χ3n) is 2.90. The SMILES string of the molecule is Cc1cc(OCC(=O)NNC(=O)c2cccc(I)c2)ccc1Cl. The second-order valence-electron chi connectivity index (χ2n) is 4.71. The fraction of sp³-hybridized carbons (Fsp3) is 0.125. The van der Waals surface area contributed by atoms with Gasteiger partial charge in [-0.2, -0.15) is 0 Å². The lowest BCUT2D eigenvalue weighted by molar-refractivity contribution is -0.123. The Balaban J connectivity index is 1.81. The fourth-order valence-electron chi connectivity index (χ4n) is 1.72. The van der Waals surface area contributed by atoms with E-state index in [1.54, 1.807) is 36.4 Å². The molecule has 0 unspecified atom stereocenters. The van der Waals surface area contributed by atoms with E-state index in [0.717, 1.165) is 9.13 Å². The molecule has 0 aliphatic rings. The molecule has 2 aromatic carbocycles. The van der Waals surface area contributed by atoms with Gasteiger partial charge in [0.15, 0.2) is 6.61 Å². The maximum absolute atomic E-state index is 11.9. The summed E-state index contributed by atoms with van der Waals surface area (Å²) >= 11 is 8.02. The summed E-state index contributed by atoms with van der Waals surface area (Å²) in [4.78, 5) is 23.6. The first-order valence-electron chi connectivity index (χ1n) is 6.69. The summed E-state index contributed by atoms with van der Waals surface area (Å²) in [5.41, 5.74) is 5.97. The zero-order chi connectivity index (χ0) is 16.8. The Morgan fingerprint density at radius 1 is 1.17 bits per heavy atom. The summed E-state index contributed by atoms with van der Waals surface area (Å²) in [6, 6.07) is 12.1. The zero-order valence-corrected chi connectivity index (χ0v) is 15.1. The lowest BCUT2D eigenvalue weighted by Crippen LogP contribution is -2.43. The molecule has 0 saturated heterocycles. The van der Waals surface area contributed by atoms with Crippen molar-refractivity contribution in [1.82, 2.24) is 10.9 Å². The molecule has 2 rings (SSSR count). The number of hydrazine groups is 1. The molecule has 0 aromatic heterocycles. The Bertz CT molecular complexity index is 737. The highest BCUT2D eigenvalue weighted by molar-refractivity contribution is 14.1. The number of carbonyl (C=O) groups is 2. The molecule has 0 aliphatic heterocycles. The standard InChI is InChI=1S/C16H14ClIN2O3/c1-10-7-13(5-6-14(10)17)23-9-15(21)19-20-16(22)11-3-2-4-12(18)8-11/h2-8H,9H2,1H3,(H,19,21)(H,20,22). The van der Waals surface area contributed by atoms with E-state index in [2.05, 4.69) is 33.4 Å². The average Bonchev–Trinajstić information content (AvgIpc) is 2.53. The van der Waals surface area contributed by atoms with Gasteiger partial charge < -0.3 is 4.74 Å². The Morgan fingerprint density at radius 2 is 1.96 bits per heavy atom. The summed E-state index contributed by atoms with van der Waals surface area (Å²) in [7, 11) is 0. The first-order valence-corrected chi connectivity index (χ1v) is 8.15. The van der Waals surface area contributed by atoms with Crippen LogP contribution >= 0.6 is 34.2 Å². The molecule has 23 heavy (non-hydrogen) atoms. The van der Waals surface area contributed by atoms with Crippen molar-refractivity contribution in [3.8, 4) is 5.75 Å². The van der Waals surface area contributed by atoms with Gasteiger partial charge in [-0.25, -0.2) is 0 Å². The minimum absolute atomic E-state index is 0.215. The molecule has 5 nitrogen and oxygen atoms in total. The van der Waals surface area contributed by atoms with E-state index < -0.39 is 5.91 Å². The van der Waals surface area contributed by atoms with Gasteiger partial charge in [-0.3, -0.25) is 20.4 Å². The predicted octanol–water partition coefficient (Wildman–Crippen LogP) is 3.09. The molecule has 7 heteroatoms. The van der Waals surface area contributed by atoms with Crippen molar-refractivity contribution >= 4 is 46.0 Å². The summed E-state index contributed by atoms with van der Waals surface area (Å²) < 4.78 is 6.27. The Morgan fingerprint density at radius 3 is 2.65 bits per heavy atom. The highest BCUT2D eigenvalue weighted by atomic mass is 127. The Kier molecular flexibility index (Phi) is 6.23. The molecule has 0 bridgehead atoms. The maximum atomic E-state index is 11.9. The monoisotopic (exact) mass is 444 g/mol. The molecule has 0 fully saturated rings. The van der Waals surface area contributed by atoms with Gasteiger partial charge in [0, 0.05) is 14.2 Å². The van der Waals surface area contributed by atoms with Gasteiger partial charge in [-0.05, 0) is 71.5 Å². The van der Waals surface area contributed by atoms with Crippen LogP contribution in [0.15, 0.2) is 42.5 Å². The van der Waals surface area contributed by atoms with Gasteiger partial charge in [0.2, 0.25) is 0 Å². The number of hydrogen-bond acceptors (Lipinski definition) is 3. The summed E-state index contributed by atoms with van der Waals surface area (Å²) in [6.45, 7) is 1.63. The fourth-order valence-corrected chi connectivity index (χ4v) is 2.38. The highest BCUT2D eigenvalue weighted by Gasteiger charge is 2.08. The van der Waals surface area contributed by atoms with Gasteiger partial charge in [0.05, 0.1) is 0 Å². The molecule has 0 saturated carbocycles. The van der Waals surface area contributed by atoms with E-state index in [0.29, 0.717) is 16.3 Å². The molecular weight excluding hydrogens is 431 g/mol. The van der Waals surface area contributed by atoms with Gasteiger partial charge in [-0.1, -0.05) is 17.7 Å². The number of carbonyl (C=O) groups excluding carboxylic acids is 2. The number of aryl methyl sites for hydroxylation is 1. The molecule has 2 N–H and O–H groups in total. The lowest BCUT2D eigenvalue weighted by atomic mass is 10.2. The smallest absolute Gasteiger partial charge is 0.276 e. The number of ether oxygens (including phenoxy) is 1. The van der Waals surface area contributed by atoms with Crippen molar-refractivity contribution in [3.63, 3.8) is 0 Å². The van der Waals surface area contributed by atoms with Crippen LogP contribution in [0.5, 0.6) is 5.75 Å². The molecular formula is C16H14ClIN2O3. The highest BCUT2D eigenvalue weighted by Crippen LogP contribution is 2.20. The second-order valence-corrected chi connectivity index (χ2v) is 6.37. The molecule has 0 radical (unpaired) electrons. The van der Waals surface area contributed by atoms with Crippen molar-refractivity contribution in [1.29, 1.82) is 0 Å². The molecule has 2 amide bonds. The summed E-state index contributed by atoms with van der Waals surface area (Å²) in [5.74, 6) is -0.318. The minimum atomic E-state index is -0.461. The predicted molar refractivity (Wildman–Crippen MR) is 96.5 cm³/mol. The quantitative estimate of drug-likeness (QED) is 0.563. The van der Waals surface area contributed by atoms with Gasteiger partial charge in [-0.15, -0.1) is 0 Å². The van der Waals surface area contributed by atoms with Crippen LogP contribution in [0.4, 0.5) is 0 Å². The van der Waals surface area contributed by atoms with Crippen LogP contribution in [-0.4, -0.2) is 18.4 Å². The minimum Gasteiger partial charge on any atom is -0.484 e. The van der Waals surface area contributed by atoms with Crippen molar-refractivity contribution in [2.24, 2.45) is 0 Å². The van der Waals surface area contributed by atoms with E-state index >= 15 is 0 Å². The molecule has 0 spiro atoms. The van der Waals surface area contributed by atoms with Gasteiger partial charge in [0.1, 0.15) is 5.75 Å². The van der Waals surface area contributed by atoms with Crippen LogP contribution in [0.25, 0.3) is 0 Å². The van der Waals surface area contributed by atoms with Crippen LogP contribution in [0.1, 0.15) is 15.9 Å². The summed E-state index contributed by atoms with van der Waals surface area (Å²) in [5, 5.41) is 0.631. The largest absolute Gasteiger partial charge is 0.484 e. The van der Waals surface area contributed by atoms with Crippen LogP contribution in [-0.2, 0) is 4.79 Å². The van der Waals surface area contributed by atoms with Crippen LogP contribution in [0.3, 0.4) is 0 Å². The van der Waals surface area contributed by atoms with E-state index in [9.17, 15) is 9.59 Å².